The normalized spacial score (nSPS) is 21.8. The number of carbonyl (C=O) groups is 2. The lowest BCUT2D eigenvalue weighted by Crippen LogP contribution is -2.45. The van der Waals surface area contributed by atoms with Gasteiger partial charge in [-0.25, -0.2) is 9.59 Å². The van der Waals surface area contributed by atoms with Crippen LogP contribution in [0.5, 0.6) is 0 Å². The molecule has 2 aliphatic rings. The number of amides is 2. The number of hydrogen-bond acceptors (Lipinski definition) is 3. The van der Waals surface area contributed by atoms with Gasteiger partial charge in [-0.05, 0) is 72.9 Å². The summed E-state index contributed by atoms with van der Waals surface area (Å²) in [5.41, 5.74) is 1.92. The van der Waals surface area contributed by atoms with Gasteiger partial charge in [-0.2, -0.15) is 0 Å². The molecule has 122 valence electrons. The number of carbonyl (C=O) groups excluding carboxylic acids is 2. The van der Waals surface area contributed by atoms with Gasteiger partial charge in [0.15, 0.2) is 0 Å². The molecule has 0 spiro atoms. The van der Waals surface area contributed by atoms with Crippen LogP contribution in [0.2, 0.25) is 0 Å². The molecule has 1 aromatic rings. The molecule has 0 bridgehead atoms. The van der Waals surface area contributed by atoms with Gasteiger partial charge in [0, 0.05) is 9.27 Å². The highest BCUT2D eigenvalue weighted by atomic mass is 127. The quantitative estimate of drug-likeness (QED) is 0.575. The van der Waals surface area contributed by atoms with Crippen molar-refractivity contribution in [2.75, 3.05) is 0 Å². The van der Waals surface area contributed by atoms with E-state index in [1.54, 1.807) is 6.92 Å². The molecule has 1 aliphatic carbocycles. The Morgan fingerprint density at radius 1 is 1.30 bits per heavy atom. The summed E-state index contributed by atoms with van der Waals surface area (Å²) >= 11 is 2.22. The smallest absolute Gasteiger partial charge is 0.338 e. The van der Waals surface area contributed by atoms with E-state index in [0.717, 1.165) is 34.8 Å². The van der Waals surface area contributed by atoms with Crippen LogP contribution in [0.3, 0.4) is 0 Å². The van der Waals surface area contributed by atoms with Crippen molar-refractivity contribution in [2.45, 2.75) is 44.8 Å². The van der Waals surface area contributed by atoms with Crippen molar-refractivity contribution in [1.82, 2.24) is 10.6 Å². The maximum absolute atomic E-state index is 12.7. The lowest BCUT2D eigenvalue weighted by Gasteiger charge is -2.29. The molecule has 1 unspecified atom stereocenters. The molecule has 0 aromatic heterocycles. The SMILES string of the molecule is CC1=C(C(=O)OC2CCCC2)C(c2cccc(I)c2)NC(=O)N1. The fraction of sp³-hybridized carbons (Fsp3) is 0.412. The lowest BCUT2D eigenvalue weighted by atomic mass is 9.95. The first-order chi connectivity index (χ1) is 11.0. The molecular formula is C17H19IN2O3. The first kappa shape index (κ1) is 16.3. The molecule has 5 nitrogen and oxygen atoms in total. The topological polar surface area (TPSA) is 67.4 Å². The minimum Gasteiger partial charge on any atom is -0.459 e. The summed E-state index contributed by atoms with van der Waals surface area (Å²) in [6, 6.07) is 6.98. The minimum atomic E-state index is -0.479. The predicted octanol–water partition coefficient (Wildman–Crippen LogP) is 3.40. The molecule has 1 aromatic carbocycles. The van der Waals surface area contributed by atoms with Gasteiger partial charge in [-0.3, -0.25) is 0 Å². The summed E-state index contributed by atoms with van der Waals surface area (Å²) in [4.78, 5) is 24.5. The molecule has 23 heavy (non-hydrogen) atoms. The Kier molecular flexibility index (Phi) is 4.89. The number of urea groups is 1. The second-order valence-electron chi connectivity index (χ2n) is 5.94. The van der Waals surface area contributed by atoms with E-state index in [-0.39, 0.29) is 18.1 Å². The number of ether oxygens (including phenoxy) is 1. The highest BCUT2D eigenvalue weighted by molar-refractivity contribution is 14.1. The zero-order valence-electron chi connectivity index (χ0n) is 12.9. The minimum absolute atomic E-state index is 0.00279. The van der Waals surface area contributed by atoms with Crippen molar-refractivity contribution in [1.29, 1.82) is 0 Å². The van der Waals surface area contributed by atoms with Crippen molar-refractivity contribution in [3.63, 3.8) is 0 Å². The van der Waals surface area contributed by atoms with E-state index in [2.05, 4.69) is 33.2 Å². The average Bonchev–Trinajstić information content (AvgIpc) is 2.99. The monoisotopic (exact) mass is 426 g/mol. The number of hydrogen-bond donors (Lipinski definition) is 2. The molecular weight excluding hydrogens is 407 g/mol. The van der Waals surface area contributed by atoms with Crippen molar-refractivity contribution in [3.8, 4) is 0 Å². The summed E-state index contributed by atoms with van der Waals surface area (Å²) in [6.45, 7) is 1.74. The fourth-order valence-electron chi connectivity index (χ4n) is 3.12. The Bertz CT molecular complexity index is 666. The highest BCUT2D eigenvalue weighted by Gasteiger charge is 2.33. The van der Waals surface area contributed by atoms with Gasteiger partial charge in [0.25, 0.3) is 0 Å². The Balaban J connectivity index is 1.90. The van der Waals surface area contributed by atoms with Crippen LogP contribution in [-0.4, -0.2) is 18.1 Å². The van der Waals surface area contributed by atoms with E-state index >= 15 is 0 Å². The first-order valence-corrected chi connectivity index (χ1v) is 8.87. The average molecular weight is 426 g/mol. The maximum Gasteiger partial charge on any atom is 0.338 e. The third kappa shape index (κ3) is 3.68. The molecule has 0 radical (unpaired) electrons. The number of benzene rings is 1. The molecule has 1 aliphatic heterocycles. The largest absolute Gasteiger partial charge is 0.459 e. The van der Waals surface area contributed by atoms with Crippen LogP contribution >= 0.6 is 22.6 Å². The number of allylic oxidation sites excluding steroid dienone is 1. The van der Waals surface area contributed by atoms with Gasteiger partial charge < -0.3 is 15.4 Å². The predicted molar refractivity (Wildman–Crippen MR) is 94.6 cm³/mol. The molecule has 3 rings (SSSR count). The molecule has 2 amide bonds. The van der Waals surface area contributed by atoms with E-state index in [1.165, 1.54) is 0 Å². The summed E-state index contributed by atoms with van der Waals surface area (Å²) in [6.07, 6.45) is 4.05. The third-order valence-electron chi connectivity index (χ3n) is 4.25. The Labute approximate surface area is 149 Å². The summed E-state index contributed by atoms with van der Waals surface area (Å²) in [7, 11) is 0. The Morgan fingerprint density at radius 3 is 2.74 bits per heavy atom. The number of nitrogens with one attached hydrogen (secondary N) is 2. The zero-order chi connectivity index (χ0) is 16.4. The van der Waals surface area contributed by atoms with Crippen LogP contribution in [0.4, 0.5) is 4.79 Å². The van der Waals surface area contributed by atoms with Gasteiger partial charge in [0.1, 0.15) is 6.10 Å². The number of rotatable bonds is 3. The van der Waals surface area contributed by atoms with Crippen LogP contribution in [0.25, 0.3) is 0 Å². The standard InChI is InChI=1S/C17H19IN2O3/c1-10-14(16(21)23-13-7-2-3-8-13)15(20-17(22)19-10)11-5-4-6-12(18)9-11/h4-6,9,13,15H,2-3,7-8H2,1H3,(H2,19,20,22). The molecule has 1 fully saturated rings. The Morgan fingerprint density at radius 2 is 2.04 bits per heavy atom. The van der Waals surface area contributed by atoms with E-state index in [1.807, 2.05) is 24.3 Å². The lowest BCUT2D eigenvalue weighted by molar-refractivity contribution is -0.144. The van der Waals surface area contributed by atoms with Crippen molar-refractivity contribution in [3.05, 3.63) is 44.7 Å². The number of esters is 1. The van der Waals surface area contributed by atoms with Crippen molar-refractivity contribution < 1.29 is 14.3 Å². The van der Waals surface area contributed by atoms with E-state index in [0.29, 0.717) is 11.3 Å². The summed E-state index contributed by atoms with van der Waals surface area (Å²) in [5.74, 6) is -0.342. The molecule has 0 saturated heterocycles. The molecule has 6 heteroatoms. The van der Waals surface area contributed by atoms with Crippen LogP contribution in [0, 0.1) is 3.57 Å². The van der Waals surface area contributed by atoms with Gasteiger partial charge in [-0.15, -0.1) is 0 Å². The summed E-state index contributed by atoms with van der Waals surface area (Å²) in [5, 5.41) is 5.51. The molecule has 1 atom stereocenters. The fourth-order valence-corrected chi connectivity index (χ4v) is 3.69. The van der Waals surface area contributed by atoms with Gasteiger partial charge in [0.2, 0.25) is 0 Å². The molecule has 2 N–H and O–H groups in total. The first-order valence-electron chi connectivity index (χ1n) is 7.79. The highest BCUT2D eigenvalue weighted by Crippen LogP contribution is 2.30. The molecule has 1 heterocycles. The summed E-state index contributed by atoms with van der Waals surface area (Å²) < 4.78 is 6.70. The van der Waals surface area contributed by atoms with E-state index in [4.69, 9.17) is 4.74 Å². The van der Waals surface area contributed by atoms with Crippen LogP contribution in [-0.2, 0) is 9.53 Å². The van der Waals surface area contributed by atoms with Gasteiger partial charge in [-0.1, -0.05) is 12.1 Å². The second kappa shape index (κ2) is 6.90. The van der Waals surface area contributed by atoms with E-state index < -0.39 is 6.04 Å². The molecule has 1 saturated carbocycles. The Hall–Kier alpha value is -1.57. The number of halogens is 1. The van der Waals surface area contributed by atoms with Gasteiger partial charge >= 0.3 is 12.0 Å². The van der Waals surface area contributed by atoms with Gasteiger partial charge in [0.05, 0.1) is 11.6 Å². The van der Waals surface area contributed by atoms with E-state index in [9.17, 15) is 9.59 Å². The zero-order valence-corrected chi connectivity index (χ0v) is 15.1. The second-order valence-corrected chi connectivity index (χ2v) is 7.18. The maximum atomic E-state index is 12.7. The third-order valence-corrected chi connectivity index (χ3v) is 4.92. The van der Waals surface area contributed by atoms with Crippen molar-refractivity contribution >= 4 is 34.6 Å². The van der Waals surface area contributed by atoms with Crippen molar-refractivity contribution in [2.24, 2.45) is 0 Å². The van der Waals surface area contributed by atoms with Crippen LogP contribution < -0.4 is 10.6 Å². The van der Waals surface area contributed by atoms with Crippen LogP contribution in [0.1, 0.15) is 44.2 Å². The van der Waals surface area contributed by atoms with Crippen LogP contribution in [0.15, 0.2) is 35.5 Å².